The largest absolute Gasteiger partial charge is 0.351 e. The van der Waals surface area contributed by atoms with Crippen molar-refractivity contribution < 1.29 is 9.59 Å². The molecule has 3 amide bonds. The number of nitrogens with one attached hydrogen (secondary N) is 1. The first-order valence-corrected chi connectivity index (χ1v) is 7.52. The van der Waals surface area contributed by atoms with Crippen molar-refractivity contribution in [1.82, 2.24) is 20.1 Å². The van der Waals surface area contributed by atoms with Crippen molar-refractivity contribution in [3.63, 3.8) is 0 Å². The molecule has 116 valence electrons. The van der Waals surface area contributed by atoms with Crippen molar-refractivity contribution in [3.05, 3.63) is 35.7 Å². The van der Waals surface area contributed by atoms with E-state index in [0.29, 0.717) is 11.0 Å². The monoisotopic (exact) mass is 319 g/mol. The van der Waals surface area contributed by atoms with E-state index in [4.69, 9.17) is 5.73 Å². The van der Waals surface area contributed by atoms with Crippen LogP contribution in [0.5, 0.6) is 0 Å². The molecule has 0 unspecified atom stereocenters. The third-order valence-corrected chi connectivity index (χ3v) is 4.03. The summed E-state index contributed by atoms with van der Waals surface area (Å²) in [6, 6.07) is 7.04. The van der Waals surface area contributed by atoms with Crippen LogP contribution in [0.25, 0.3) is 5.69 Å². The number of hydrogen-bond acceptors (Lipinski definition) is 5. The van der Waals surface area contributed by atoms with Crippen LogP contribution < -0.4 is 11.1 Å². The molecule has 3 N–H and O–H groups in total. The molecule has 22 heavy (non-hydrogen) atoms. The van der Waals surface area contributed by atoms with E-state index in [-0.39, 0.29) is 0 Å². The molecule has 0 fully saturated rings. The summed E-state index contributed by atoms with van der Waals surface area (Å²) in [5.41, 5.74) is 7.02. The van der Waals surface area contributed by atoms with E-state index in [1.165, 1.54) is 11.8 Å². The van der Waals surface area contributed by atoms with E-state index in [1.807, 2.05) is 42.7 Å². The van der Waals surface area contributed by atoms with Gasteiger partial charge in [0.25, 0.3) is 0 Å². The molecule has 2 aromatic rings. The molecule has 0 saturated heterocycles. The van der Waals surface area contributed by atoms with Gasteiger partial charge in [0.05, 0.1) is 5.25 Å². The molecule has 0 bridgehead atoms. The minimum Gasteiger partial charge on any atom is -0.351 e. The lowest BCUT2D eigenvalue weighted by Gasteiger charge is -2.12. The lowest BCUT2D eigenvalue weighted by Crippen LogP contribution is -2.39. The molecular formula is C14H17N5O2S. The second-order valence-corrected chi connectivity index (χ2v) is 6.12. The predicted octanol–water partition coefficient (Wildman–Crippen LogP) is 1.56. The lowest BCUT2D eigenvalue weighted by atomic mass is 10.2. The van der Waals surface area contributed by atoms with Crippen molar-refractivity contribution >= 4 is 23.7 Å². The van der Waals surface area contributed by atoms with Gasteiger partial charge in [-0.1, -0.05) is 29.5 Å². The van der Waals surface area contributed by atoms with Crippen molar-refractivity contribution in [2.75, 3.05) is 0 Å². The van der Waals surface area contributed by atoms with Crippen molar-refractivity contribution in [2.45, 2.75) is 31.2 Å². The van der Waals surface area contributed by atoms with E-state index in [1.54, 1.807) is 6.92 Å². The summed E-state index contributed by atoms with van der Waals surface area (Å²) in [5.74, 6) is 0.252. The minimum absolute atomic E-state index is 0.464. The average molecular weight is 319 g/mol. The average Bonchev–Trinajstić information content (AvgIpc) is 2.80. The zero-order chi connectivity index (χ0) is 16.3. The van der Waals surface area contributed by atoms with Gasteiger partial charge < -0.3 is 5.73 Å². The van der Waals surface area contributed by atoms with Crippen LogP contribution in [0, 0.1) is 13.8 Å². The molecule has 1 aromatic heterocycles. The normalized spacial score (nSPS) is 12.0. The van der Waals surface area contributed by atoms with Gasteiger partial charge in [0.2, 0.25) is 5.91 Å². The number of imide groups is 1. The molecule has 8 heteroatoms. The molecule has 1 aromatic carbocycles. The maximum absolute atomic E-state index is 11.8. The van der Waals surface area contributed by atoms with Gasteiger partial charge in [-0.25, -0.2) is 4.79 Å². The van der Waals surface area contributed by atoms with Crippen LogP contribution >= 0.6 is 11.8 Å². The fraction of sp³-hybridized carbons (Fsp3) is 0.286. The summed E-state index contributed by atoms with van der Waals surface area (Å²) in [5, 5.41) is 10.3. The summed E-state index contributed by atoms with van der Waals surface area (Å²) in [6.07, 6.45) is 0. The first-order chi connectivity index (χ1) is 10.4. The Kier molecular flexibility index (Phi) is 4.81. The molecule has 1 atom stereocenters. The van der Waals surface area contributed by atoms with E-state index >= 15 is 0 Å². The molecule has 0 aliphatic rings. The number of nitrogens with two attached hydrogens (primary N) is 1. The zero-order valence-corrected chi connectivity index (χ0v) is 13.3. The summed E-state index contributed by atoms with van der Waals surface area (Å²) >= 11 is 1.21. The van der Waals surface area contributed by atoms with Crippen LogP contribution in [-0.4, -0.2) is 32.0 Å². The molecule has 0 radical (unpaired) electrons. The molecule has 0 aliphatic carbocycles. The second-order valence-electron chi connectivity index (χ2n) is 4.81. The van der Waals surface area contributed by atoms with Gasteiger partial charge in [0.1, 0.15) is 5.82 Å². The molecule has 0 saturated carbocycles. The predicted molar refractivity (Wildman–Crippen MR) is 83.9 cm³/mol. The van der Waals surface area contributed by atoms with Crippen LogP contribution in [0.15, 0.2) is 29.4 Å². The van der Waals surface area contributed by atoms with Crippen molar-refractivity contribution in [2.24, 2.45) is 5.73 Å². The van der Waals surface area contributed by atoms with E-state index in [2.05, 4.69) is 15.5 Å². The Morgan fingerprint density at radius 1 is 1.23 bits per heavy atom. The summed E-state index contributed by atoms with van der Waals surface area (Å²) in [4.78, 5) is 22.5. The number of aryl methyl sites for hydroxylation is 2. The Bertz CT molecular complexity index is 696. The molecular weight excluding hydrogens is 302 g/mol. The van der Waals surface area contributed by atoms with Crippen molar-refractivity contribution in [3.8, 4) is 5.69 Å². The number of urea groups is 1. The Morgan fingerprint density at radius 3 is 2.45 bits per heavy atom. The highest BCUT2D eigenvalue weighted by molar-refractivity contribution is 8.00. The highest BCUT2D eigenvalue weighted by atomic mass is 32.2. The molecule has 7 nitrogen and oxygen atoms in total. The Hall–Kier alpha value is -2.35. The van der Waals surface area contributed by atoms with Crippen LogP contribution in [-0.2, 0) is 4.79 Å². The van der Waals surface area contributed by atoms with E-state index < -0.39 is 17.2 Å². The number of aromatic nitrogens is 3. The fourth-order valence-electron chi connectivity index (χ4n) is 1.85. The number of rotatable bonds is 4. The molecule has 1 heterocycles. The number of nitrogens with zero attached hydrogens (tertiary/aromatic N) is 3. The first-order valence-electron chi connectivity index (χ1n) is 6.64. The van der Waals surface area contributed by atoms with Gasteiger partial charge in [0, 0.05) is 5.69 Å². The molecule has 0 spiro atoms. The third-order valence-electron chi connectivity index (χ3n) is 2.99. The summed E-state index contributed by atoms with van der Waals surface area (Å²) in [7, 11) is 0. The van der Waals surface area contributed by atoms with E-state index in [9.17, 15) is 9.59 Å². The number of primary amides is 1. The summed E-state index contributed by atoms with van der Waals surface area (Å²) in [6.45, 7) is 5.52. The number of benzene rings is 1. The number of hydrogen-bond donors (Lipinski definition) is 2. The van der Waals surface area contributed by atoms with Gasteiger partial charge in [-0.3, -0.25) is 14.7 Å². The maximum Gasteiger partial charge on any atom is 0.318 e. The maximum atomic E-state index is 11.8. The Morgan fingerprint density at radius 2 is 1.86 bits per heavy atom. The van der Waals surface area contributed by atoms with Gasteiger partial charge in [-0.15, -0.1) is 10.2 Å². The smallest absolute Gasteiger partial charge is 0.318 e. The Balaban J connectivity index is 2.24. The Labute approximate surface area is 132 Å². The topological polar surface area (TPSA) is 103 Å². The fourth-order valence-corrected chi connectivity index (χ4v) is 2.76. The van der Waals surface area contributed by atoms with Gasteiger partial charge in [-0.2, -0.15) is 0 Å². The van der Waals surface area contributed by atoms with Gasteiger partial charge >= 0.3 is 6.03 Å². The molecule has 2 rings (SSSR count). The highest BCUT2D eigenvalue weighted by Crippen LogP contribution is 2.25. The SMILES string of the molecule is Cc1ccc(-n2c(C)nnc2S[C@H](C)C(=O)NC(N)=O)cc1. The highest BCUT2D eigenvalue weighted by Gasteiger charge is 2.20. The van der Waals surface area contributed by atoms with Gasteiger partial charge in [0.15, 0.2) is 5.16 Å². The number of amides is 3. The van der Waals surface area contributed by atoms with E-state index in [0.717, 1.165) is 11.3 Å². The summed E-state index contributed by atoms with van der Waals surface area (Å²) < 4.78 is 1.86. The number of thioether (sulfide) groups is 1. The quantitative estimate of drug-likeness (QED) is 0.832. The van der Waals surface area contributed by atoms with Crippen molar-refractivity contribution in [1.29, 1.82) is 0 Å². The van der Waals surface area contributed by atoms with Crippen LogP contribution in [0.4, 0.5) is 4.79 Å². The first kappa shape index (κ1) is 16.0. The zero-order valence-electron chi connectivity index (χ0n) is 12.5. The van der Waals surface area contributed by atoms with Crippen LogP contribution in [0.2, 0.25) is 0 Å². The van der Waals surface area contributed by atoms with Crippen LogP contribution in [0.3, 0.4) is 0 Å². The van der Waals surface area contributed by atoms with Gasteiger partial charge in [-0.05, 0) is 32.9 Å². The standard InChI is InChI=1S/C14H17N5O2S/c1-8-4-6-11(7-5-8)19-10(3)17-18-14(19)22-9(2)12(20)16-13(15)21/h4-7,9H,1-3H3,(H3,15,16,20,21)/t9-/m1/s1. The van der Waals surface area contributed by atoms with Crippen LogP contribution in [0.1, 0.15) is 18.3 Å². The third kappa shape index (κ3) is 3.64. The lowest BCUT2D eigenvalue weighted by molar-refractivity contribution is -0.119. The second kappa shape index (κ2) is 6.61. The number of carbonyl (C=O) groups excluding carboxylic acids is 2. The number of carbonyl (C=O) groups is 2. The molecule has 0 aliphatic heterocycles. The minimum atomic E-state index is -0.867.